The highest BCUT2D eigenvalue weighted by molar-refractivity contribution is 5.85. The Morgan fingerprint density at radius 2 is 1.71 bits per heavy atom. The Morgan fingerprint density at radius 1 is 1.10 bits per heavy atom. The lowest BCUT2D eigenvalue weighted by atomic mass is 9.79. The summed E-state index contributed by atoms with van der Waals surface area (Å²) in [7, 11) is 0. The molecule has 2 aliphatic rings. The summed E-state index contributed by atoms with van der Waals surface area (Å²) >= 11 is 0. The Bertz CT molecular complexity index is 316. The molecular formula is C17H33ClN2O. The van der Waals surface area contributed by atoms with Crippen molar-refractivity contribution in [2.45, 2.75) is 83.7 Å². The predicted octanol–water partition coefficient (Wildman–Crippen LogP) is 3.74. The van der Waals surface area contributed by atoms with E-state index in [0.717, 1.165) is 31.7 Å². The second-order valence-electron chi connectivity index (χ2n) is 7.09. The Kier molecular flexibility index (Phi) is 8.04. The van der Waals surface area contributed by atoms with Crippen LogP contribution in [-0.2, 0) is 4.79 Å². The third-order valence-electron chi connectivity index (χ3n) is 5.43. The summed E-state index contributed by atoms with van der Waals surface area (Å²) in [6.07, 6.45) is 10.9. The molecule has 1 amide bonds. The topological polar surface area (TPSA) is 46.3 Å². The van der Waals surface area contributed by atoms with Gasteiger partial charge in [-0.15, -0.1) is 12.4 Å². The van der Waals surface area contributed by atoms with Crippen LogP contribution >= 0.6 is 12.4 Å². The summed E-state index contributed by atoms with van der Waals surface area (Å²) in [4.78, 5) is 14.7. The summed E-state index contributed by atoms with van der Waals surface area (Å²) in [5.41, 5.74) is 6.08. The number of nitrogens with zero attached hydrogens (tertiary/aromatic N) is 1. The molecule has 2 rings (SSSR count). The van der Waals surface area contributed by atoms with Crippen LogP contribution in [0.4, 0.5) is 0 Å². The van der Waals surface area contributed by atoms with Crippen molar-refractivity contribution in [3.63, 3.8) is 0 Å². The van der Waals surface area contributed by atoms with Crippen LogP contribution < -0.4 is 5.73 Å². The van der Waals surface area contributed by atoms with E-state index in [2.05, 4.69) is 11.8 Å². The molecule has 0 radical (unpaired) electrons. The van der Waals surface area contributed by atoms with E-state index in [-0.39, 0.29) is 24.5 Å². The Hall–Kier alpha value is -0.280. The first-order chi connectivity index (χ1) is 9.59. The van der Waals surface area contributed by atoms with E-state index < -0.39 is 0 Å². The zero-order chi connectivity index (χ0) is 14.5. The quantitative estimate of drug-likeness (QED) is 0.858. The highest BCUT2D eigenvalue weighted by Crippen LogP contribution is 2.32. The van der Waals surface area contributed by atoms with E-state index in [4.69, 9.17) is 5.73 Å². The zero-order valence-electron chi connectivity index (χ0n) is 13.7. The number of rotatable bonds is 4. The van der Waals surface area contributed by atoms with Crippen molar-refractivity contribution < 1.29 is 4.79 Å². The number of hydrogen-bond donors (Lipinski definition) is 1. The van der Waals surface area contributed by atoms with Crippen LogP contribution in [0.15, 0.2) is 0 Å². The summed E-state index contributed by atoms with van der Waals surface area (Å²) in [5.74, 6) is 1.66. The van der Waals surface area contributed by atoms with Crippen molar-refractivity contribution >= 4 is 18.3 Å². The first kappa shape index (κ1) is 18.8. The normalized spacial score (nSPS) is 26.8. The highest BCUT2D eigenvalue weighted by atomic mass is 35.5. The van der Waals surface area contributed by atoms with E-state index in [9.17, 15) is 4.79 Å². The minimum atomic E-state index is 0. The second-order valence-corrected chi connectivity index (χ2v) is 7.09. The van der Waals surface area contributed by atoms with Crippen LogP contribution in [0.1, 0.15) is 71.6 Å². The molecule has 0 aromatic heterocycles. The molecule has 3 atom stereocenters. The lowest BCUT2D eigenvalue weighted by molar-refractivity contribution is -0.136. The first-order valence-corrected chi connectivity index (χ1v) is 8.64. The molecule has 0 spiro atoms. The molecule has 1 saturated carbocycles. The molecule has 0 aromatic carbocycles. The van der Waals surface area contributed by atoms with Crippen molar-refractivity contribution in [1.29, 1.82) is 0 Å². The molecule has 3 unspecified atom stereocenters. The molecule has 0 bridgehead atoms. The lowest BCUT2D eigenvalue weighted by Crippen LogP contribution is -2.52. The fourth-order valence-electron chi connectivity index (χ4n) is 4.08. The minimum Gasteiger partial charge on any atom is -0.338 e. The fourth-order valence-corrected chi connectivity index (χ4v) is 4.08. The number of halogens is 1. The smallest absolute Gasteiger partial charge is 0.223 e. The molecule has 4 heteroatoms. The summed E-state index contributed by atoms with van der Waals surface area (Å²) in [6.45, 7) is 5.24. The Morgan fingerprint density at radius 3 is 2.33 bits per heavy atom. The van der Waals surface area contributed by atoms with Gasteiger partial charge in [0.15, 0.2) is 0 Å². The molecule has 1 aliphatic heterocycles. The molecular weight excluding hydrogens is 284 g/mol. The van der Waals surface area contributed by atoms with Gasteiger partial charge < -0.3 is 10.6 Å². The van der Waals surface area contributed by atoms with Gasteiger partial charge in [0, 0.05) is 25.0 Å². The monoisotopic (exact) mass is 316 g/mol. The van der Waals surface area contributed by atoms with E-state index in [0.29, 0.717) is 11.8 Å². The Balaban J connectivity index is 0.00000220. The van der Waals surface area contributed by atoms with Gasteiger partial charge in [-0.05, 0) is 38.0 Å². The summed E-state index contributed by atoms with van der Waals surface area (Å²) in [6, 6.07) is 0.374. The molecule has 3 nitrogen and oxygen atoms in total. The van der Waals surface area contributed by atoms with E-state index >= 15 is 0 Å². The molecule has 1 saturated heterocycles. The number of carbonyl (C=O) groups excluding carboxylic acids is 1. The van der Waals surface area contributed by atoms with Crippen LogP contribution in [0, 0.1) is 11.8 Å². The number of amides is 1. The zero-order valence-corrected chi connectivity index (χ0v) is 14.5. The maximum Gasteiger partial charge on any atom is 0.223 e. The Labute approximate surface area is 136 Å². The van der Waals surface area contributed by atoms with E-state index in [1.54, 1.807) is 0 Å². The average Bonchev–Trinajstić information content (AvgIpc) is 2.48. The number of hydrogen-bond acceptors (Lipinski definition) is 2. The number of piperidine rings is 1. The van der Waals surface area contributed by atoms with Gasteiger partial charge in [0.25, 0.3) is 0 Å². The lowest BCUT2D eigenvalue weighted by Gasteiger charge is -2.39. The van der Waals surface area contributed by atoms with Crippen molar-refractivity contribution in [3.8, 4) is 0 Å². The molecule has 1 heterocycles. The minimum absolute atomic E-state index is 0. The summed E-state index contributed by atoms with van der Waals surface area (Å²) < 4.78 is 0. The van der Waals surface area contributed by atoms with Crippen LogP contribution in [-0.4, -0.2) is 29.4 Å². The van der Waals surface area contributed by atoms with E-state index in [1.807, 2.05) is 6.92 Å². The third kappa shape index (κ3) is 5.14. The average molecular weight is 317 g/mol. The van der Waals surface area contributed by atoms with Gasteiger partial charge in [0.2, 0.25) is 5.91 Å². The van der Waals surface area contributed by atoms with Gasteiger partial charge in [-0.1, -0.05) is 39.0 Å². The van der Waals surface area contributed by atoms with Gasteiger partial charge in [-0.25, -0.2) is 0 Å². The van der Waals surface area contributed by atoms with Crippen LogP contribution in [0.3, 0.4) is 0 Å². The van der Waals surface area contributed by atoms with Crippen molar-refractivity contribution in [2.75, 3.05) is 6.54 Å². The predicted molar refractivity (Wildman–Crippen MR) is 90.6 cm³/mol. The maximum absolute atomic E-state index is 12.6. The van der Waals surface area contributed by atoms with Crippen LogP contribution in [0.2, 0.25) is 0 Å². The maximum atomic E-state index is 12.6. The largest absolute Gasteiger partial charge is 0.338 e. The van der Waals surface area contributed by atoms with Gasteiger partial charge in [0.05, 0.1) is 0 Å². The first-order valence-electron chi connectivity index (χ1n) is 8.64. The van der Waals surface area contributed by atoms with Crippen molar-refractivity contribution in [2.24, 2.45) is 17.6 Å². The van der Waals surface area contributed by atoms with Gasteiger partial charge in [-0.3, -0.25) is 4.79 Å². The molecule has 21 heavy (non-hydrogen) atoms. The van der Waals surface area contributed by atoms with E-state index in [1.165, 1.54) is 38.5 Å². The SMILES string of the molecule is CC(N)C1CCCCN1C(=O)CC(C)C1CCCCC1.Cl. The number of carbonyl (C=O) groups is 1. The molecule has 2 fully saturated rings. The second kappa shape index (κ2) is 8.99. The van der Waals surface area contributed by atoms with Gasteiger partial charge in [0.1, 0.15) is 0 Å². The third-order valence-corrected chi connectivity index (χ3v) is 5.43. The van der Waals surface area contributed by atoms with Gasteiger partial charge in [-0.2, -0.15) is 0 Å². The standard InChI is InChI=1S/C17H32N2O.ClH/c1-13(15-8-4-3-5-9-15)12-17(20)19-11-7-6-10-16(19)14(2)18;/h13-16H,3-12,18H2,1-2H3;1H. The van der Waals surface area contributed by atoms with Crippen LogP contribution in [0.5, 0.6) is 0 Å². The van der Waals surface area contributed by atoms with Gasteiger partial charge >= 0.3 is 0 Å². The molecule has 0 aromatic rings. The number of nitrogens with two attached hydrogens (primary N) is 1. The molecule has 2 N–H and O–H groups in total. The van der Waals surface area contributed by atoms with Crippen molar-refractivity contribution in [1.82, 2.24) is 4.90 Å². The number of likely N-dealkylation sites (tertiary alicyclic amines) is 1. The van der Waals surface area contributed by atoms with Crippen LogP contribution in [0.25, 0.3) is 0 Å². The molecule has 124 valence electrons. The fraction of sp³-hybridized carbons (Fsp3) is 0.941. The van der Waals surface area contributed by atoms with Crippen molar-refractivity contribution in [3.05, 3.63) is 0 Å². The highest BCUT2D eigenvalue weighted by Gasteiger charge is 2.31. The summed E-state index contributed by atoms with van der Waals surface area (Å²) in [5, 5.41) is 0. The molecule has 1 aliphatic carbocycles.